The summed E-state index contributed by atoms with van der Waals surface area (Å²) in [6, 6.07) is 0. The smallest absolute Gasteiger partial charge is 0.303 e. The van der Waals surface area contributed by atoms with E-state index in [0.717, 1.165) is 24.7 Å². The molecule has 0 aromatic carbocycles. The average molecular weight is 357 g/mol. The Morgan fingerprint density at radius 1 is 1.00 bits per heavy atom. The van der Waals surface area contributed by atoms with Gasteiger partial charge in [-0.2, -0.15) is 11.8 Å². The van der Waals surface area contributed by atoms with Crippen LogP contribution in [0.3, 0.4) is 0 Å². The van der Waals surface area contributed by atoms with E-state index in [1.54, 1.807) is 0 Å². The maximum atomic E-state index is 10.5. The Kier molecular flexibility index (Phi) is 9.55. The molecule has 0 amide bonds. The molecule has 2 aliphatic rings. The fraction of sp³-hybridized carbons (Fsp3) is 0.950. The molecule has 0 radical (unpaired) electrons. The van der Waals surface area contributed by atoms with Gasteiger partial charge in [-0.05, 0) is 55.4 Å². The van der Waals surface area contributed by atoms with Crippen molar-refractivity contribution in [1.82, 2.24) is 0 Å². The van der Waals surface area contributed by atoms with Crippen molar-refractivity contribution in [3.05, 3.63) is 0 Å². The molecule has 24 heavy (non-hydrogen) atoms. The molecule has 0 aromatic rings. The number of hydrogen-bond acceptors (Lipinski definition) is 3. The highest BCUT2D eigenvalue weighted by molar-refractivity contribution is 7.99. The number of carboxylic acid groups (broad SMARTS) is 1. The first-order valence-electron chi connectivity index (χ1n) is 10.2. The summed E-state index contributed by atoms with van der Waals surface area (Å²) < 4.78 is 6.21. The summed E-state index contributed by atoms with van der Waals surface area (Å²) in [4.78, 5) is 10.5. The van der Waals surface area contributed by atoms with E-state index in [0.29, 0.717) is 18.6 Å². The molecular formula is C20H36O3S. The Labute approximate surface area is 152 Å². The molecule has 2 fully saturated rings. The third-order valence-electron chi connectivity index (χ3n) is 5.72. The molecule has 2 heterocycles. The molecule has 4 atom stereocenters. The van der Waals surface area contributed by atoms with Crippen LogP contribution in [0.1, 0.15) is 84.0 Å². The van der Waals surface area contributed by atoms with Gasteiger partial charge in [0, 0.05) is 6.42 Å². The Bertz CT molecular complexity index is 361. The second kappa shape index (κ2) is 11.4. The summed E-state index contributed by atoms with van der Waals surface area (Å²) >= 11 is 2.15. The molecule has 1 N–H and O–H groups in total. The number of hydrogen-bond donors (Lipinski definition) is 1. The zero-order valence-electron chi connectivity index (χ0n) is 15.4. The number of ether oxygens (including phenoxy) is 1. The molecule has 0 aromatic heterocycles. The Hall–Kier alpha value is -0.220. The van der Waals surface area contributed by atoms with Crippen molar-refractivity contribution in [2.24, 2.45) is 11.8 Å². The molecule has 2 aliphatic heterocycles. The minimum absolute atomic E-state index is 0.328. The lowest BCUT2D eigenvalue weighted by Gasteiger charge is -2.27. The second-order valence-electron chi connectivity index (χ2n) is 7.60. The van der Waals surface area contributed by atoms with Gasteiger partial charge in [0.1, 0.15) is 0 Å². The summed E-state index contributed by atoms with van der Waals surface area (Å²) in [5, 5.41) is 8.68. The van der Waals surface area contributed by atoms with Gasteiger partial charge in [-0.15, -0.1) is 0 Å². The lowest BCUT2D eigenvalue weighted by Crippen LogP contribution is -2.29. The molecule has 0 unspecified atom stereocenters. The zero-order valence-corrected chi connectivity index (χ0v) is 16.2. The largest absolute Gasteiger partial charge is 0.481 e. The molecule has 0 spiro atoms. The van der Waals surface area contributed by atoms with Gasteiger partial charge < -0.3 is 9.84 Å². The first-order chi connectivity index (χ1) is 11.7. The Morgan fingerprint density at radius 3 is 2.46 bits per heavy atom. The topological polar surface area (TPSA) is 46.5 Å². The second-order valence-corrected chi connectivity index (χ2v) is 8.75. The monoisotopic (exact) mass is 356 g/mol. The first kappa shape index (κ1) is 20.1. The molecule has 3 nitrogen and oxygen atoms in total. The van der Waals surface area contributed by atoms with Crippen LogP contribution in [-0.2, 0) is 9.53 Å². The zero-order chi connectivity index (χ0) is 17.2. The van der Waals surface area contributed by atoms with E-state index in [1.807, 2.05) is 0 Å². The third-order valence-corrected chi connectivity index (χ3v) is 6.92. The third kappa shape index (κ3) is 6.59. The van der Waals surface area contributed by atoms with E-state index >= 15 is 0 Å². The number of carbonyl (C=O) groups is 1. The van der Waals surface area contributed by atoms with Gasteiger partial charge in [0.15, 0.2) is 0 Å². The molecule has 2 saturated heterocycles. The summed E-state index contributed by atoms with van der Waals surface area (Å²) in [5.74, 6) is 3.49. The van der Waals surface area contributed by atoms with Crippen LogP contribution in [0.15, 0.2) is 0 Å². The van der Waals surface area contributed by atoms with E-state index < -0.39 is 5.97 Å². The highest BCUT2D eigenvalue weighted by Crippen LogP contribution is 2.46. The SMILES string of the molecule is CCCCCCSC[C@H]1[C@@H](CCCCCCC(=O)O)[C@H]2CC[C@@H]1O2. The van der Waals surface area contributed by atoms with E-state index in [-0.39, 0.29) is 0 Å². The number of rotatable bonds is 14. The fourth-order valence-electron chi connectivity index (χ4n) is 4.36. The molecular weight excluding hydrogens is 320 g/mol. The van der Waals surface area contributed by atoms with Gasteiger partial charge in [0.2, 0.25) is 0 Å². The molecule has 140 valence electrons. The van der Waals surface area contributed by atoms with Crippen LogP contribution in [0.4, 0.5) is 0 Å². The van der Waals surface area contributed by atoms with Gasteiger partial charge in [-0.3, -0.25) is 4.79 Å². The minimum Gasteiger partial charge on any atom is -0.481 e. The van der Waals surface area contributed by atoms with E-state index in [4.69, 9.17) is 9.84 Å². The summed E-state index contributed by atoms with van der Waals surface area (Å²) in [5.41, 5.74) is 0. The van der Waals surface area contributed by atoms with Gasteiger partial charge in [-0.25, -0.2) is 0 Å². The number of unbranched alkanes of at least 4 members (excludes halogenated alkanes) is 6. The van der Waals surface area contributed by atoms with Gasteiger partial charge in [-0.1, -0.05) is 45.4 Å². The van der Waals surface area contributed by atoms with Crippen molar-refractivity contribution in [2.45, 2.75) is 96.2 Å². The molecule has 2 bridgehead atoms. The van der Waals surface area contributed by atoms with Crippen molar-refractivity contribution in [3.8, 4) is 0 Å². The van der Waals surface area contributed by atoms with Crippen LogP contribution in [-0.4, -0.2) is 34.8 Å². The van der Waals surface area contributed by atoms with Crippen molar-refractivity contribution in [1.29, 1.82) is 0 Å². The summed E-state index contributed by atoms with van der Waals surface area (Å²) in [7, 11) is 0. The van der Waals surface area contributed by atoms with Crippen molar-refractivity contribution in [2.75, 3.05) is 11.5 Å². The number of fused-ring (bicyclic) bond motifs is 2. The highest BCUT2D eigenvalue weighted by atomic mass is 32.2. The van der Waals surface area contributed by atoms with Gasteiger partial charge in [0.25, 0.3) is 0 Å². The van der Waals surface area contributed by atoms with Crippen molar-refractivity contribution in [3.63, 3.8) is 0 Å². The van der Waals surface area contributed by atoms with Crippen LogP contribution in [0, 0.1) is 11.8 Å². The maximum Gasteiger partial charge on any atom is 0.303 e. The van der Waals surface area contributed by atoms with Crippen LogP contribution in [0.5, 0.6) is 0 Å². The van der Waals surface area contributed by atoms with Gasteiger partial charge in [0.05, 0.1) is 12.2 Å². The molecule has 0 aliphatic carbocycles. The highest BCUT2D eigenvalue weighted by Gasteiger charge is 2.47. The quantitative estimate of drug-likeness (QED) is 0.416. The normalized spacial score (nSPS) is 28.5. The van der Waals surface area contributed by atoms with Crippen LogP contribution in [0.2, 0.25) is 0 Å². The lowest BCUT2D eigenvalue weighted by atomic mass is 9.77. The Balaban J connectivity index is 1.59. The predicted molar refractivity (Wildman–Crippen MR) is 102 cm³/mol. The first-order valence-corrected chi connectivity index (χ1v) is 11.3. The predicted octanol–water partition coefficient (Wildman–Crippen LogP) is 5.52. The number of carboxylic acids is 1. The van der Waals surface area contributed by atoms with Gasteiger partial charge >= 0.3 is 5.97 Å². The van der Waals surface area contributed by atoms with Crippen LogP contribution in [0.25, 0.3) is 0 Å². The van der Waals surface area contributed by atoms with E-state index in [2.05, 4.69) is 18.7 Å². The summed E-state index contributed by atoms with van der Waals surface area (Å²) in [6.07, 6.45) is 15.0. The van der Waals surface area contributed by atoms with E-state index in [1.165, 1.54) is 69.3 Å². The van der Waals surface area contributed by atoms with Crippen molar-refractivity contribution < 1.29 is 14.6 Å². The maximum absolute atomic E-state index is 10.5. The van der Waals surface area contributed by atoms with Crippen molar-refractivity contribution >= 4 is 17.7 Å². The Morgan fingerprint density at radius 2 is 1.71 bits per heavy atom. The van der Waals surface area contributed by atoms with Crippen LogP contribution >= 0.6 is 11.8 Å². The number of aliphatic carboxylic acids is 1. The molecule has 2 rings (SSSR count). The summed E-state index contributed by atoms with van der Waals surface area (Å²) in [6.45, 7) is 2.27. The number of thioether (sulfide) groups is 1. The van der Waals surface area contributed by atoms with Crippen LogP contribution < -0.4 is 0 Å². The standard InChI is InChI=1S/C20H36O3S/c1-2-3-4-9-14-24-15-17-16(18-12-13-19(17)23-18)10-7-5-6-8-11-20(21)22/h16-19H,2-15H2,1H3,(H,21,22)/t16-,17+,18-,19+/m1/s1. The fourth-order valence-corrected chi connectivity index (χ4v) is 5.67. The lowest BCUT2D eigenvalue weighted by molar-refractivity contribution is -0.137. The van der Waals surface area contributed by atoms with E-state index in [9.17, 15) is 4.79 Å². The molecule has 0 saturated carbocycles. The minimum atomic E-state index is -0.660. The molecule has 4 heteroatoms. The average Bonchev–Trinajstić information content (AvgIpc) is 3.15.